The van der Waals surface area contributed by atoms with Gasteiger partial charge in [0.25, 0.3) is 0 Å². The Kier molecular flexibility index (Phi) is 1.88. The summed E-state index contributed by atoms with van der Waals surface area (Å²) in [6.07, 6.45) is 2.45. The number of hydrogen-bond donors (Lipinski definition) is 0. The lowest BCUT2D eigenvalue weighted by Gasteiger charge is -2.06. The number of benzene rings is 2. The lowest BCUT2D eigenvalue weighted by Crippen LogP contribution is -1.85. The van der Waals surface area contributed by atoms with Gasteiger partial charge in [-0.2, -0.15) is 0 Å². The standard InChI is InChI=1S/C13H11Br/c14-13-8-7-11-10-4-2-1-3-9(10)5-6-12(11)13/h1-6,13H,7-8H2. The zero-order valence-electron chi connectivity index (χ0n) is 7.83. The van der Waals surface area contributed by atoms with Crippen molar-refractivity contribution in [3.05, 3.63) is 47.5 Å². The third kappa shape index (κ3) is 1.12. The van der Waals surface area contributed by atoms with Crippen molar-refractivity contribution in [1.29, 1.82) is 0 Å². The summed E-state index contributed by atoms with van der Waals surface area (Å²) in [7, 11) is 0. The van der Waals surface area contributed by atoms with Crippen LogP contribution in [0.25, 0.3) is 10.8 Å². The van der Waals surface area contributed by atoms with Crippen molar-refractivity contribution in [2.75, 3.05) is 0 Å². The van der Waals surface area contributed by atoms with Gasteiger partial charge in [0, 0.05) is 4.83 Å². The zero-order chi connectivity index (χ0) is 9.54. The maximum atomic E-state index is 3.72. The molecule has 0 spiro atoms. The van der Waals surface area contributed by atoms with Gasteiger partial charge in [0.05, 0.1) is 0 Å². The molecule has 0 amide bonds. The zero-order valence-corrected chi connectivity index (χ0v) is 9.42. The molecule has 0 bridgehead atoms. The Morgan fingerprint density at radius 3 is 2.86 bits per heavy atom. The summed E-state index contributed by atoms with van der Waals surface area (Å²) in [5.41, 5.74) is 3.04. The summed E-state index contributed by atoms with van der Waals surface area (Å²) in [5, 5.41) is 2.81. The molecule has 0 N–H and O–H groups in total. The molecule has 0 radical (unpaired) electrons. The van der Waals surface area contributed by atoms with Gasteiger partial charge in [0.15, 0.2) is 0 Å². The summed E-state index contributed by atoms with van der Waals surface area (Å²) in [6, 6.07) is 13.2. The highest BCUT2D eigenvalue weighted by Gasteiger charge is 2.21. The van der Waals surface area contributed by atoms with Crippen molar-refractivity contribution < 1.29 is 0 Å². The quantitative estimate of drug-likeness (QED) is 0.611. The second-order valence-electron chi connectivity index (χ2n) is 3.86. The monoisotopic (exact) mass is 246 g/mol. The normalized spacial score (nSPS) is 19.9. The molecule has 0 saturated heterocycles. The van der Waals surface area contributed by atoms with E-state index in [0.717, 1.165) is 0 Å². The molecule has 0 heterocycles. The van der Waals surface area contributed by atoms with Gasteiger partial charge in [-0.25, -0.2) is 0 Å². The average Bonchev–Trinajstić information content (AvgIpc) is 2.61. The van der Waals surface area contributed by atoms with Crippen LogP contribution < -0.4 is 0 Å². The molecule has 0 aromatic heterocycles. The molecule has 1 aliphatic rings. The Balaban J connectivity index is 2.38. The first-order valence-corrected chi connectivity index (χ1v) is 5.92. The summed E-state index contributed by atoms with van der Waals surface area (Å²) in [5.74, 6) is 0. The van der Waals surface area contributed by atoms with E-state index in [1.807, 2.05) is 0 Å². The van der Waals surface area contributed by atoms with E-state index in [1.54, 1.807) is 5.56 Å². The Labute approximate surface area is 92.1 Å². The van der Waals surface area contributed by atoms with E-state index in [0.29, 0.717) is 4.83 Å². The van der Waals surface area contributed by atoms with Crippen LogP contribution in [0.1, 0.15) is 22.4 Å². The fourth-order valence-electron chi connectivity index (χ4n) is 2.35. The van der Waals surface area contributed by atoms with Gasteiger partial charge >= 0.3 is 0 Å². The maximum absolute atomic E-state index is 3.72. The molecule has 2 aromatic rings. The molecule has 0 nitrogen and oxygen atoms in total. The Bertz CT molecular complexity index is 488. The molecule has 1 atom stereocenters. The van der Waals surface area contributed by atoms with E-state index in [4.69, 9.17) is 0 Å². The van der Waals surface area contributed by atoms with E-state index in [9.17, 15) is 0 Å². The number of rotatable bonds is 0. The molecule has 0 saturated carbocycles. The maximum Gasteiger partial charge on any atom is 0.0401 e. The summed E-state index contributed by atoms with van der Waals surface area (Å²) in [6.45, 7) is 0. The minimum atomic E-state index is 0.571. The molecule has 14 heavy (non-hydrogen) atoms. The lowest BCUT2D eigenvalue weighted by molar-refractivity contribution is 0.905. The predicted molar refractivity (Wildman–Crippen MR) is 63.9 cm³/mol. The Morgan fingerprint density at radius 1 is 1.07 bits per heavy atom. The van der Waals surface area contributed by atoms with Gasteiger partial charge in [-0.3, -0.25) is 0 Å². The van der Waals surface area contributed by atoms with Crippen LogP contribution in [0.5, 0.6) is 0 Å². The molecule has 0 fully saturated rings. The van der Waals surface area contributed by atoms with Crippen LogP contribution in [0.15, 0.2) is 36.4 Å². The second-order valence-corrected chi connectivity index (χ2v) is 4.97. The van der Waals surface area contributed by atoms with E-state index >= 15 is 0 Å². The molecule has 0 aliphatic heterocycles. The van der Waals surface area contributed by atoms with Crippen LogP contribution in [0, 0.1) is 0 Å². The molecular formula is C13H11Br. The van der Waals surface area contributed by atoms with Gasteiger partial charge in [-0.15, -0.1) is 0 Å². The fourth-order valence-corrected chi connectivity index (χ4v) is 3.01. The Morgan fingerprint density at radius 2 is 1.93 bits per heavy atom. The first-order chi connectivity index (χ1) is 6.86. The smallest absolute Gasteiger partial charge is 0.0401 e. The number of fused-ring (bicyclic) bond motifs is 3. The number of hydrogen-bond acceptors (Lipinski definition) is 0. The molecule has 1 aliphatic carbocycles. The van der Waals surface area contributed by atoms with Gasteiger partial charge < -0.3 is 0 Å². The van der Waals surface area contributed by atoms with Crippen molar-refractivity contribution in [3.63, 3.8) is 0 Å². The lowest BCUT2D eigenvalue weighted by atomic mass is 10.0. The summed E-state index contributed by atoms with van der Waals surface area (Å²) >= 11 is 3.72. The third-order valence-corrected chi connectivity index (χ3v) is 4.01. The topological polar surface area (TPSA) is 0 Å². The van der Waals surface area contributed by atoms with Crippen LogP contribution >= 0.6 is 15.9 Å². The van der Waals surface area contributed by atoms with Crippen molar-refractivity contribution in [2.24, 2.45) is 0 Å². The molecule has 70 valence electrons. The Hall–Kier alpha value is -0.820. The minimum absolute atomic E-state index is 0.571. The van der Waals surface area contributed by atoms with Gasteiger partial charge in [0.1, 0.15) is 0 Å². The summed E-state index contributed by atoms with van der Waals surface area (Å²) in [4.78, 5) is 0.571. The largest absolute Gasteiger partial charge is 0.0839 e. The van der Waals surface area contributed by atoms with Crippen LogP contribution in [-0.4, -0.2) is 0 Å². The number of halogens is 1. The fraction of sp³-hybridized carbons (Fsp3) is 0.231. The highest BCUT2D eigenvalue weighted by atomic mass is 79.9. The van der Waals surface area contributed by atoms with E-state index in [1.165, 1.54) is 29.2 Å². The van der Waals surface area contributed by atoms with Gasteiger partial charge in [-0.1, -0.05) is 52.3 Å². The van der Waals surface area contributed by atoms with Crippen molar-refractivity contribution in [3.8, 4) is 0 Å². The van der Waals surface area contributed by atoms with Crippen LogP contribution in [0.3, 0.4) is 0 Å². The number of aryl methyl sites for hydroxylation is 1. The first kappa shape index (κ1) is 8.49. The van der Waals surface area contributed by atoms with Crippen LogP contribution in [-0.2, 0) is 6.42 Å². The van der Waals surface area contributed by atoms with E-state index in [-0.39, 0.29) is 0 Å². The molecular weight excluding hydrogens is 236 g/mol. The van der Waals surface area contributed by atoms with Crippen LogP contribution in [0.4, 0.5) is 0 Å². The summed E-state index contributed by atoms with van der Waals surface area (Å²) < 4.78 is 0. The third-order valence-electron chi connectivity index (χ3n) is 3.06. The second kappa shape index (κ2) is 3.09. The van der Waals surface area contributed by atoms with Crippen molar-refractivity contribution in [1.82, 2.24) is 0 Å². The average molecular weight is 247 g/mol. The van der Waals surface area contributed by atoms with Crippen LogP contribution in [0.2, 0.25) is 0 Å². The molecule has 1 heteroatoms. The van der Waals surface area contributed by atoms with Crippen molar-refractivity contribution in [2.45, 2.75) is 17.7 Å². The van der Waals surface area contributed by atoms with Gasteiger partial charge in [-0.05, 0) is 34.7 Å². The molecule has 1 unspecified atom stereocenters. The first-order valence-electron chi connectivity index (χ1n) is 5.01. The SMILES string of the molecule is BrC1CCc2c1ccc1ccccc21. The van der Waals surface area contributed by atoms with E-state index < -0.39 is 0 Å². The predicted octanol–water partition coefficient (Wildman–Crippen LogP) is 4.22. The molecule has 2 aromatic carbocycles. The van der Waals surface area contributed by atoms with Gasteiger partial charge in [0.2, 0.25) is 0 Å². The minimum Gasteiger partial charge on any atom is -0.0839 e. The van der Waals surface area contributed by atoms with Crippen molar-refractivity contribution >= 4 is 26.7 Å². The van der Waals surface area contributed by atoms with E-state index in [2.05, 4.69) is 52.3 Å². The highest BCUT2D eigenvalue weighted by Crippen LogP contribution is 2.40. The number of alkyl halides is 1. The highest BCUT2D eigenvalue weighted by molar-refractivity contribution is 9.09. The molecule has 3 rings (SSSR count).